The first kappa shape index (κ1) is 10.3. The molecular weight excluding hydrogens is 164 g/mol. The lowest BCUT2D eigenvalue weighted by Gasteiger charge is -2.23. The van der Waals surface area contributed by atoms with Gasteiger partial charge in [-0.2, -0.15) is 0 Å². The lowest BCUT2D eigenvalue weighted by molar-refractivity contribution is -0.136. The van der Waals surface area contributed by atoms with E-state index in [1.807, 2.05) is 6.92 Å². The molecule has 74 valence electrons. The summed E-state index contributed by atoms with van der Waals surface area (Å²) >= 11 is 0. The molecule has 1 aliphatic rings. The van der Waals surface area contributed by atoms with Crippen LogP contribution in [0.3, 0.4) is 0 Å². The smallest absolute Gasteiger partial charge is 0.333 e. The molecule has 0 saturated heterocycles. The van der Waals surface area contributed by atoms with Gasteiger partial charge in [0.15, 0.2) is 0 Å². The van der Waals surface area contributed by atoms with Gasteiger partial charge in [-0.05, 0) is 32.1 Å². The Hall–Kier alpha value is -0.790. The van der Waals surface area contributed by atoms with Crippen LogP contribution >= 0.6 is 0 Å². The first-order chi connectivity index (χ1) is 6.19. The minimum atomic E-state index is -0.129. The Morgan fingerprint density at radius 2 is 2.31 bits per heavy atom. The van der Waals surface area contributed by atoms with Crippen molar-refractivity contribution in [2.24, 2.45) is 5.92 Å². The van der Waals surface area contributed by atoms with E-state index in [4.69, 9.17) is 4.74 Å². The second-order valence-electron chi connectivity index (χ2n) is 3.77. The van der Waals surface area contributed by atoms with Crippen LogP contribution in [0.1, 0.15) is 39.5 Å². The monoisotopic (exact) mass is 182 g/mol. The molecule has 0 aromatic carbocycles. The summed E-state index contributed by atoms with van der Waals surface area (Å²) in [5.74, 6) is 0.549. The fourth-order valence-electron chi connectivity index (χ4n) is 1.87. The molecule has 0 aliphatic heterocycles. The van der Waals surface area contributed by atoms with Crippen molar-refractivity contribution in [3.05, 3.63) is 11.1 Å². The van der Waals surface area contributed by atoms with Gasteiger partial charge in [0.2, 0.25) is 0 Å². The summed E-state index contributed by atoms with van der Waals surface area (Å²) in [4.78, 5) is 11.4. The van der Waals surface area contributed by atoms with Crippen molar-refractivity contribution >= 4 is 5.97 Å². The summed E-state index contributed by atoms with van der Waals surface area (Å²) in [6.45, 7) is 4.22. The van der Waals surface area contributed by atoms with Gasteiger partial charge in [-0.1, -0.05) is 18.9 Å². The molecule has 0 saturated carbocycles. The normalized spacial score (nSPS) is 23.2. The van der Waals surface area contributed by atoms with Crippen LogP contribution in [-0.2, 0) is 9.53 Å². The minimum absolute atomic E-state index is 0.129. The predicted molar refractivity (Wildman–Crippen MR) is 52.3 cm³/mol. The quantitative estimate of drug-likeness (QED) is 0.614. The zero-order valence-corrected chi connectivity index (χ0v) is 8.72. The molecule has 1 atom stereocenters. The van der Waals surface area contributed by atoms with E-state index in [1.54, 1.807) is 0 Å². The summed E-state index contributed by atoms with van der Waals surface area (Å²) in [5.41, 5.74) is 2.14. The molecule has 1 aliphatic carbocycles. The Bertz CT molecular complexity index is 228. The van der Waals surface area contributed by atoms with Gasteiger partial charge in [0.05, 0.1) is 7.11 Å². The summed E-state index contributed by atoms with van der Waals surface area (Å²) in [5, 5.41) is 0. The largest absolute Gasteiger partial charge is 0.466 e. The Labute approximate surface area is 80.0 Å². The number of carbonyl (C=O) groups excluding carboxylic acids is 1. The van der Waals surface area contributed by atoms with E-state index in [-0.39, 0.29) is 5.97 Å². The first-order valence-corrected chi connectivity index (χ1v) is 4.96. The number of carbonyl (C=O) groups is 1. The van der Waals surface area contributed by atoms with Gasteiger partial charge in [0.25, 0.3) is 0 Å². The third-order valence-corrected chi connectivity index (χ3v) is 2.94. The molecule has 0 radical (unpaired) electrons. The fourth-order valence-corrected chi connectivity index (χ4v) is 1.87. The highest BCUT2D eigenvalue weighted by Crippen LogP contribution is 2.31. The number of methoxy groups -OCH3 is 1. The average molecular weight is 182 g/mol. The highest BCUT2D eigenvalue weighted by Gasteiger charge is 2.22. The Kier molecular flexibility index (Phi) is 3.52. The van der Waals surface area contributed by atoms with Crippen LogP contribution in [0.2, 0.25) is 0 Å². The highest BCUT2D eigenvalue weighted by molar-refractivity contribution is 5.89. The van der Waals surface area contributed by atoms with E-state index in [9.17, 15) is 4.79 Å². The van der Waals surface area contributed by atoms with Crippen molar-refractivity contribution < 1.29 is 9.53 Å². The molecule has 0 aromatic rings. The van der Waals surface area contributed by atoms with Crippen molar-refractivity contribution in [3.63, 3.8) is 0 Å². The molecular formula is C11H18O2. The minimum Gasteiger partial charge on any atom is -0.466 e. The topological polar surface area (TPSA) is 26.3 Å². The van der Waals surface area contributed by atoms with Crippen molar-refractivity contribution in [2.75, 3.05) is 7.11 Å². The Morgan fingerprint density at radius 1 is 1.62 bits per heavy atom. The molecule has 2 heteroatoms. The predicted octanol–water partition coefficient (Wildman–Crippen LogP) is 2.69. The van der Waals surface area contributed by atoms with E-state index < -0.39 is 0 Å². The zero-order valence-electron chi connectivity index (χ0n) is 8.72. The third-order valence-electron chi connectivity index (χ3n) is 2.94. The second-order valence-corrected chi connectivity index (χ2v) is 3.77. The number of esters is 1. The van der Waals surface area contributed by atoms with Gasteiger partial charge in [-0.25, -0.2) is 4.79 Å². The number of ether oxygens (including phenoxy) is 1. The van der Waals surface area contributed by atoms with Crippen molar-refractivity contribution in [3.8, 4) is 0 Å². The summed E-state index contributed by atoms with van der Waals surface area (Å²) in [6, 6.07) is 0. The molecule has 0 N–H and O–H groups in total. The number of rotatable bonds is 2. The molecule has 2 nitrogen and oxygen atoms in total. The molecule has 0 aromatic heterocycles. The van der Waals surface area contributed by atoms with Crippen LogP contribution < -0.4 is 0 Å². The molecule has 1 rings (SSSR count). The highest BCUT2D eigenvalue weighted by atomic mass is 16.5. The maximum Gasteiger partial charge on any atom is 0.333 e. The maximum atomic E-state index is 11.4. The molecule has 1 unspecified atom stereocenters. The molecule has 13 heavy (non-hydrogen) atoms. The molecule has 0 amide bonds. The van der Waals surface area contributed by atoms with Crippen LogP contribution in [0.25, 0.3) is 0 Å². The van der Waals surface area contributed by atoms with Crippen molar-refractivity contribution in [2.45, 2.75) is 39.5 Å². The van der Waals surface area contributed by atoms with E-state index in [2.05, 4.69) is 6.92 Å². The van der Waals surface area contributed by atoms with Gasteiger partial charge in [0.1, 0.15) is 0 Å². The fraction of sp³-hybridized carbons (Fsp3) is 0.727. The lowest BCUT2D eigenvalue weighted by atomic mass is 9.83. The van der Waals surface area contributed by atoms with Crippen LogP contribution in [0.5, 0.6) is 0 Å². The van der Waals surface area contributed by atoms with Gasteiger partial charge in [-0.15, -0.1) is 0 Å². The zero-order chi connectivity index (χ0) is 9.84. The number of hydrogen-bond donors (Lipinski definition) is 0. The molecule has 0 spiro atoms. The molecule has 0 heterocycles. The summed E-state index contributed by atoms with van der Waals surface area (Å²) in [6.07, 6.45) is 4.36. The lowest BCUT2D eigenvalue weighted by Crippen LogP contribution is -2.16. The summed E-state index contributed by atoms with van der Waals surface area (Å²) < 4.78 is 4.76. The molecule has 0 fully saturated rings. The van der Waals surface area contributed by atoms with Gasteiger partial charge >= 0.3 is 5.97 Å². The second kappa shape index (κ2) is 4.45. The number of allylic oxidation sites excluding steroid dienone is 1. The van der Waals surface area contributed by atoms with E-state index in [0.29, 0.717) is 5.92 Å². The van der Waals surface area contributed by atoms with Crippen molar-refractivity contribution in [1.82, 2.24) is 0 Å². The van der Waals surface area contributed by atoms with Gasteiger partial charge in [-0.3, -0.25) is 0 Å². The van der Waals surface area contributed by atoms with Crippen LogP contribution in [-0.4, -0.2) is 13.1 Å². The summed E-state index contributed by atoms with van der Waals surface area (Å²) in [7, 11) is 1.46. The Morgan fingerprint density at radius 3 is 2.85 bits per heavy atom. The first-order valence-electron chi connectivity index (χ1n) is 4.96. The van der Waals surface area contributed by atoms with Crippen LogP contribution in [0, 0.1) is 5.92 Å². The Balaban J connectivity index is 2.74. The van der Waals surface area contributed by atoms with Crippen LogP contribution in [0.4, 0.5) is 0 Å². The molecule has 0 bridgehead atoms. The standard InChI is InChI=1S/C11H18O2/c1-4-9-6-5-8(2)10(7-9)11(12)13-3/h9H,4-7H2,1-3H3. The average Bonchev–Trinajstić information content (AvgIpc) is 2.17. The SMILES string of the molecule is CCC1CCC(C)=C(C(=O)OC)C1. The van der Waals surface area contributed by atoms with Gasteiger partial charge in [0, 0.05) is 5.57 Å². The number of hydrogen-bond acceptors (Lipinski definition) is 2. The van der Waals surface area contributed by atoms with Crippen LogP contribution in [0.15, 0.2) is 11.1 Å². The van der Waals surface area contributed by atoms with E-state index in [0.717, 1.165) is 24.8 Å². The van der Waals surface area contributed by atoms with Crippen molar-refractivity contribution in [1.29, 1.82) is 0 Å². The van der Waals surface area contributed by atoms with Gasteiger partial charge < -0.3 is 4.74 Å². The van der Waals surface area contributed by atoms with E-state index in [1.165, 1.54) is 19.1 Å². The third kappa shape index (κ3) is 2.33. The van der Waals surface area contributed by atoms with E-state index >= 15 is 0 Å². The maximum absolute atomic E-state index is 11.4.